The number of hydrogen-bond acceptors (Lipinski definition) is 7. The van der Waals surface area contributed by atoms with Gasteiger partial charge in [-0.1, -0.05) is 11.6 Å². The van der Waals surface area contributed by atoms with Crippen molar-refractivity contribution in [2.75, 3.05) is 12.0 Å². The van der Waals surface area contributed by atoms with E-state index < -0.39 is 16.7 Å². The van der Waals surface area contributed by atoms with Crippen molar-refractivity contribution in [2.45, 2.75) is 0 Å². The second kappa shape index (κ2) is 8.85. The molecular weight excluding hydrogens is 470 g/mol. The summed E-state index contributed by atoms with van der Waals surface area (Å²) in [6.07, 6.45) is 1.28. The van der Waals surface area contributed by atoms with Gasteiger partial charge in [-0.05, 0) is 66.8 Å². The summed E-state index contributed by atoms with van der Waals surface area (Å²) in [4.78, 5) is 37.3. The zero-order valence-corrected chi connectivity index (χ0v) is 18.5. The Morgan fingerprint density at radius 1 is 1.15 bits per heavy atom. The lowest BCUT2D eigenvalue weighted by molar-refractivity contribution is -0.384. The summed E-state index contributed by atoms with van der Waals surface area (Å²) in [6.45, 7) is 0. The van der Waals surface area contributed by atoms with Crippen LogP contribution in [0.25, 0.3) is 17.4 Å². The van der Waals surface area contributed by atoms with Crippen molar-refractivity contribution in [1.82, 2.24) is 5.32 Å². The zero-order valence-electron chi connectivity index (χ0n) is 16.9. The van der Waals surface area contributed by atoms with Gasteiger partial charge in [-0.25, -0.2) is 0 Å². The predicted molar refractivity (Wildman–Crippen MR) is 125 cm³/mol. The monoisotopic (exact) mass is 483 g/mol. The lowest BCUT2D eigenvalue weighted by atomic mass is 10.1. The Labute approximate surface area is 197 Å². The van der Waals surface area contributed by atoms with Gasteiger partial charge in [-0.3, -0.25) is 29.9 Å². The number of hydrogen-bond donors (Lipinski definition) is 1. The molecule has 33 heavy (non-hydrogen) atoms. The van der Waals surface area contributed by atoms with E-state index in [1.54, 1.807) is 36.4 Å². The van der Waals surface area contributed by atoms with Crippen molar-refractivity contribution in [1.29, 1.82) is 0 Å². The summed E-state index contributed by atoms with van der Waals surface area (Å²) in [6, 6.07) is 13.9. The third kappa shape index (κ3) is 4.34. The van der Waals surface area contributed by atoms with Crippen LogP contribution in [-0.2, 0) is 9.59 Å². The van der Waals surface area contributed by atoms with Gasteiger partial charge in [0.15, 0.2) is 5.11 Å². The minimum absolute atomic E-state index is 0.00304. The van der Waals surface area contributed by atoms with Crippen LogP contribution in [0, 0.1) is 10.1 Å². The molecule has 2 aromatic carbocycles. The van der Waals surface area contributed by atoms with Crippen LogP contribution >= 0.6 is 23.8 Å². The van der Waals surface area contributed by atoms with Crippen molar-refractivity contribution < 1.29 is 23.7 Å². The van der Waals surface area contributed by atoms with Crippen LogP contribution < -0.4 is 15.0 Å². The largest absolute Gasteiger partial charge is 0.497 e. The number of rotatable bonds is 5. The summed E-state index contributed by atoms with van der Waals surface area (Å²) in [7, 11) is 1.52. The number of carbonyl (C=O) groups is 2. The molecule has 1 aromatic heterocycles. The maximum Gasteiger partial charge on any atom is 0.288 e. The number of methoxy groups -OCH3 is 1. The Hall–Kier alpha value is -4.02. The second-order valence-electron chi connectivity index (χ2n) is 6.78. The molecule has 166 valence electrons. The molecule has 0 atom stereocenters. The number of nitro benzene ring substituents is 1. The van der Waals surface area contributed by atoms with Crippen molar-refractivity contribution in [3.8, 4) is 17.1 Å². The van der Waals surface area contributed by atoms with Crippen molar-refractivity contribution in [3.63, 3.8) is 0 Å². The van der Waals surface area contributed by atoms with E-state index >= 15 is 0 Å². The molecule has 11 heteroatoms. The van der Waals surface area contributed by atoms with E-state index in [9.17, 15) is 19.7 Å². The molecule has 1 saturated heterocycles. The summed E-state index contributed by atoms with van der Waals surface area (Å²) >= 11 is 11.0. The number of ether oxygens (including phenoxy) is 1. The Morgan fingerprint density at radius 2 is 1.88 bits per heavy atom. The average molecular weight is 484 g/mol. The minimum Gasteiger partial charge on any atom is -0.497 e. The lowest BCUT2D eigenvalue weighted by Gasteiger charge is -2.28. The van der Waals surface area contributed by atoms with E-state index in [2.05, 4.69) is 5.32 Å². The first-order chi connectivity index (χ1) is 15.8. The Kier molecular flexibility index (Phi) is 5.95. The number of halogens is 1. The Morgan fingerprint density at radius 3 is 2.55 bits per heavy atom. The van der Waals surface area contributed by atoms with Crippen LogP contribution in [0.4, 0.5) is 11.4 Å². The third-order valence-electron chi connectivity index (χ3n) is 4.77. The normalized spacial score (nSPS) is 15.0. The fourth-order valence-electron chi connectivity index (χ4n) is 3.16. The van der Waals surface area contributed by atoms with Crippen LogP contribution in [0.15, 0.2) is 64.6 Å². The van der Waals surface area contributed by atoms with Crippen LogP contribution in [0.5, 0.6) is 5.75 Å². The molecule has 1 fully saturated rings. The van der Waals surface area contributed by atoms with E-state index in [1.807, 2.05) is 0 Å². The molecule has 9 nitrogen and oxygen atoms in total. The number of amides is 2. The van der Waals surface area contributed by atoms with Gasteiger partial charge in [0.25, 0.3) is 17.5 Å². The SMILES string of the molecule is COc1ccc(N2C(=O)/C(=C\c3ccc(-c4ccc(Cl)c([N+](=O)[O-])c4)o3)C(=O)NC2=S)cc1. The topological polar surface area (TPSA) is 115 Å². The zero-order chi connectivity index (χ0) is 23.7. The van der Waals surface area contributed by atoms with Crippen LogP contribution in [0.2, 0.25) is 5.02 Å². The van der Waals surface area contributed by atoms with E-state index in [0.29, 0.717) is 22.8 Å². The van der Waals surface area contributed by atoms with E-state index in [0.717, 1.165) is 0 Å². The molecule has 0 unspecified atom stereocenters. The number of anilines is 1. The van der Waals surface area contributed by atoms with Gasteiger partial charge in [0.1, 0.15) is 27.9 Å². The van der Waals surface area contributed by atoms with Gasteiger partial charge >= 0.3 is 0 Å². The van der Waals surface area contributed by atoms with Crippen molar-refractivity contribution in [3.05, 3.63) is 81.1 Å². The van der Waals surface area contributed by atoms with Gasteiger partial charge in [0.2, 0.25) is 0 Å². The third-order valence-corrected chi connectivity index (χ3v) is 5.38. The molecule has 3 aromatic rings. The molecule has 1 N–H and O–H groups in total. The highest BCUT2D eigenvalue weighted by molar-refractivity contribution is 7.80. The molecule has 0 bridgehead atoms. The number of nitrogens with zero attached hydrogens (tertiary/aromatic N) is 2. The summed E-state index contributed by atoms with van der Waals surface area (Å²) in [5.74, 6) is -0.209. The molecule has 1 aliphatic heterocycles. The molecule has 0 radical (unpaired) electrons. The minimum atomic E-state index is -0.671. The maximum atomic E-state index is 13.1. The number of nitro groups is 1. The Bertz CT molecular complexity index is 1330. The first-order valence-corrected chi connectivity index (χ1v) is 10.2. The van der Waals surface area contributed by atoms with Crippen LogP contribution in [0.3, 0.4) is 0 Å². The smallest absolute Gasteiger partial charge is 0.288 e. The number of benzene rings is 2. The first-order valence-electron chi connectivity index (χ1n) is 9.38. The van der Waals surface area contributed by atoms with Gasteiger partial charge in [-0.15, -0.1) is 0 Å². The quantitative estimate of drug-likeness (QED) is 0.188. The standard InChI is InChI=1S/C22H14ClN3O6S/c1-31-14-5-3-13(4-6-14)25-21(28)16(20(27)24-22(25)33)11-15-7-9-19(32-15)12-2-8-17(23)18(10-12)26(29)30/h2-11H,1H3,(H,24,27,33)/b16-11-. The predicted octanol–water partition coefficient (Wildman–Crippen LogP) is 4.35. The molecule has 2 heterocycles. The molecular formula is C22H14ClN3O6S. The molecule has 4 rings (SSSR count). The average Bonchev–Trinajstić information content (AvgIpc) is 3.26. The number of carbonyl (C=O) groups excluding carboxylic acids is 2. The van der Waals surface area contributed by atoms with E-state index in [-0.39, 0.29) is 27.2 Å². The lowest BCUT2D eigenvalue weighted by Crippen LogP contribution is -2.54. The van der Waals surface area contributed by atoms with Gasteiger partial charge < -0.3 is 9.15 Å². The van der Waals surface area contributed by atoms with E-state index in [4.69, 9.17) is 33.0 Å². The molecule has 0 saturated carbocycles. The molecule has 0 aliphatic carbocycles. The van der Waals surface area contributed by atoms with Crippen molar-refractivity contribution in [2.24, 2.45) is 0 Å². The summed E-state index contributed by atoms with van der Waals surface area (Å²) in [5.41, 5.74) is 0.403. The molecule has 2 amide bonds. The Balaban J connectivity index is 1.66. The number of furan rings is 1. The van der Waals surface area contributed by atoms with Crippen molar-refractivity contribution >= 4 is 58.2 Å². The van der Waals surface area contributed by atoms with Crippen LogP contribution in [0.1, 0.15) is 5.76 Å². The maximum absolute atomic E-state index is 13.1. The highest BCUT2D eigenvalue weighted by atomic mass is 35.5. The highest BCUT2D eigenvalue weighted by Crippen LogP contribution is 2.32. The summed E-state index contributed by atoms with van der Waals surface area (Å²) < 4.78 is 10.8. The van der Waals surface area contributed by atoms with Crippen LogP contribution in [-0.4, -0.2) is 29.0 Å². The fourth-order valence-corrected chi connectivity index (χ4v) is 3.62. The molecule has 0 spiro atoms. The van der Waals surface area contributed by atoms with E-state index in [1.165, 1.54) is 36.3 Å². The highest BCUT2D eigenvalue weighted by Gasteiger charge is 2.34. The number of nitrogens with one attached hydrogen (secondary N) is 1. The number of thiocarbonyl (C=S) groups is 1. The molecule has 1 aliphatic rings. The van der Waals surface area contributed by atoms with Gasteiger partial charge in [-0.2, -0.15) is 0 Å². The fraction of sp³-hybridized carbons (Fsp3) is 0.0455. The first kappa shape index (κ1) is 22.2. The second-order valence-corrected chi connectivity index (χ2v) is 7.58. The van der Waals surface area contributed by atoms with Gasteiger partial charge in [0.05, 0.1) is 17.7 Å². The van der Waals surface area contributed by atoms with Gasteiger partial charge in [0, 0.05) is 11.6 Å². The summed E-state index contributed by atoms with van der Waals surface area (Å²) in [5, 5.41) is 13.6.